The third kappa shape index (κ3) is 3.30. The Labute approximate surface area is 68.6 Å². The van der Waals surface area contributed by atoms with Gasteiger partial charge in [-0.2, -0.15) is 0 Å². The Bertz CT molecular complexity index is 155. The van der Waals surface area contributed by atoms with E-state index in [9.17, 15) is 0 Å². The number of ether oxygens (including phenoxy) is 1. The summed E-state index contributed by atoms with van der Waals surface area (Å²) in [7, 11) is 0. The largest absolute Gasteiger partial charge is 0.495 e. The lowest BCUT2D eigenvalue weighted by molar-refractivity contribution is 0.166. The van der Waals surface area contributed by atoms with E-state index in [0.717, 1.165) is 25.3 Å². The molecule has 1 rings (SSSR count). The number of allylic oxidation sites excluding steroid dienone is 1. The molecule has 0 aromatic heterocycles. The van der Waals surface area contributed by atoms with Crippen LogP contribution in [0.3, 0.4) is 0 Å². The summed E-state index contributed by atoms with van der Waals surface area (Å²) >= 11 is 0. The molecular formula is C9H17NO. The van der Waals surface area contributed by atoms with Crippen molar-refractivity contribution >= 4 is 0 Å². The highest BCUT2D eigenvalue weighted by Gasteiger charge is 2.15. The highest BCUT2D eigenvalue weighted by Crippen LogP contribution is 2.24. The van der Waals surface area contributed by atoms with Crippen LogP contribution in [0.25, 0.3) is 0 Å². The third-order valence-electron chi connectivity index (χ3n) is 1.50. The van der Waals surface area contributed by atoms with Gasteiger partial charge in [0.2, 0.25) is 0 Å². The second-order valence-electron chi connectivity index (χ2n) is 4.15. The molecule has 0 spiro atoms. The highest BCUT2D eigenvalue weighted by molar-refractivity contribution is 4.97. The van der Waals surface area contributed by atoms with E-state index in [2.05, 4.69) is 26.1 Å². The van der Waals surface area contributed by atoms with Gasteiger partial charge in [0.1, 0.15) is 12.4 Å². The van der Waals surface area contributed by atoms with E-state index in [1.54, 1.807) is 0 Å². The molecule has 0 saturated carbocycles. The topological polar surface area (TPSA) is 21.3 Å². The Hall–Kier alpha value is -0.660. The first-order valence-electron chi connectivity index (χ1n) is 4.13. The molecule has 0 radical (unpaired) electrons. The maximum Gasteiger partial charge on any atom is 0.112 e. The van der Waals surface area contributed by atoms with Crippen molar-refractivity contribution < 1.29 is 4.74 Å². The van der Waals surface area contributed by atoms with E-state index < -0.39 is 0 Å². The normalized spacial score (nSPS) is 18.3. The van der Waals surface area contributed by atoms with E-state index in [1.807, 2.05) is 6.20 Å². The second kappa shape index (κ2) is 3.16. The van der Waals surface area contributed by atoms with Gasteiger partial charge >= 0.3 is 0 Å². The molecule has 11 heavy (non-hydrogen) atoms. The molecule has 1 aliphatic heterocycles. The van der Waals surface area contributed by atoms with Crippen LogP contribution in [0, 0.1) is 5.41 Å². The lowest BCUT2D eigenvalue weighted by Gasteiger charge is -2.23. The molecule has 0 aromatic rings. The monoisotopic (exact) mass is 155 g/mol. The quantitative estimate of drug-likeness (QED) is 0.624. The minimum absolute atomic E-state index is 0.324. The van der Waals surface area contributed by atoms with Crippen molar-refractivity contribution in [2.45, 2.75) is 27.2 Å². The summed E-state index contributed by atoms with van der Waals surface area (Å²) in [6, 6.07) is 0. The molecule has 1 heterocycles. The second-order valence-corrected chi connectivity index (χ2v) is 4.15. The van der Waals surface area contributed by atoms with Crippen LogP contribution in [0.5, 0.6) is 0 Å². The molecule has 0 aliphatic carbocycles. The van der Waals surface area contributed by atoms with E-state index in [4.69, 9.17) is 4.74 Å². The molecule has 0 saturated heterocycles. The Balaban J connectivity index is 2.42. The summed E-state index contributed by atoms with van der Waals surface area (Å²) in [6.07, 6.45) is 2.99. The van der Waals surface area contributed by atoms with Gasteiger partial charge in [-0.3, -0.25) is 0 Å². The van der Waals surface area contributed by atoms with Gasteiger partial charge in [-0.05, 0) is 5.41 Å². The van der Waals surface area contributed by atoms with Gasteiger partial charge in [-0.25, -0.2) is 0 Å². The van der Waals surface area contributed by atoms with E-state index in [1.165, 1.54) is 0 Å². The fourth-order valence-corrected chi connectivity index (χ4v) is 1.09. The molecule has 0 bridgehead atoms. The molecule has 0 atom stereocenters. The van der Waals surface area contributed by atoms with Crippen molar-refractivity contribution in [3.63, 3.8) is 0 Å². The summed E-state index contributed by atoms with van der Waals surface area (Å²) < 4.78 is 5.45. The minimum atomic E-state index is 0.324. The molecule has 0 amide bonds. The van der Waals surface area contributed by atoms with Gasteiger partial charge in [0.05, 0.1) is 0 Å². The molecule has 64 valence electrons. The Morgan fingerprint density at radius 2 is 2.27 bits per heavy atom. The number of hydrogen-bond donors (Lipinski definition) is 1. The maximum atomic E-state index is 5.45. The Morgan fingerprint density at radius 3 is 2.73 bits per heavy atom. The lowest BCUT2D eigenvalue weighted by atomic mass is 9.91. The smallest absolute Gasteiger partial charge is 0.112 e. The van der Waals surface area contributed by atoms with Crippen molar-refractivity contribution in [2.24, 2.45) is 5.41 Å². The standard InChI is InChI=1S/C9H17NO/c1-9(2,3)6-8-7-10-4-5-11-8/h7,10H,4-6H2,1-3H3. The zero-order valence-corrected chi connectivity index (χ0v) is 7.61. The molecule has 0 fully saturated rings. The Kier molecular flexibility index (Phi) is 2.42. The van der Waals surface area contributed by atoms with Crippen molar-refractivity contribution in [1.82, 2.24) is 5.32 Å². The molecular weight excluding hydrogens is 138 g/mol. The zero-order chi connectivity index (χ0) is 8.32. The van der Waals surface area contributed by atoms with Crippen LogP contribution in [-0.2, 0) is 4.74 Å². The molecule has 2 nitrogen and oxygen atoms in total. The van der Waals surface area contributed by atoms with E-state index in [0.29, 0.717) is 5.41 Å². The SMILES string of the molecule is CC(C)(C)CC1=CNCCO1. The molecule has 0 unspecified atom stereocenters. The molecule has 0 aromatic carbocycles. The van der Waals surface area contributed by atoms with Gasteiger partial charge in [-0.15, -0.1) is 0 Å². The number of nitrogens with one attached hydrogen (secondary N) is 1. The van der Waals surface area contributed by atoms with Gasteiger partial charge in [-0.1, -0.05) is 20.8 Å². The first-order valence-corrected chi connectivity index (χ1v) is 4.13. The van der Waals surface area contributed by atoms with Gasteiger partial charge in [0, 0.05) is 19.2 Å². The molecule has 2 heteroatoms. The van der Waals surface area contributed by atoms with Crippen LogP contribution in [0.1, 0.15) is 27.2 Å². The zero-order valence-electron chi connectivity index (χ0n) is 7.61. The summed E-state index contributed by atoms with van der Waals surface area (Å²) in [5.74, 6) is 1.09. The van der Waals surface area contributed by atoms with Gasteiger partial charge in [0.25, 0.3) is 0 Å². The average molecular weight is 155 g/mol. The van der Waals surface area contributed by atoms with Crippen molar-refractivity contribution in [3.05, 3.63) is 12.0 Å². The first-order chi connectivity index (χ1) is 5.08. The van der Waals surface area contributed by atoms with Crippen LogP contribution in [0.15, 0.2) is 12.0 Å². The van der Waals surface area contributed by atoms with Crippen LogP contribution in [-0.4, -0.2) is 13.2 Å². The molecule has 1 aliphatic rings. The fraction of sp³-hybridized carbons (Fsp3) is 0.778. The summed E-state index contributed by atoms with van der Waals surface area (Å²) in [6.45, 7) is 8.39. The van der Waals surface area contributed by atoms with E-state index >= 15 is 0 Å². The minimum Gasteiger partial charge on any atom is -0.495 e. The predicted octanol–water partition coefficient (Wildman–Crippen LogP) is 1.88. The van der Waals surface area contributed by atoms with Gasteiger partial charge in [0.15, 0.2) is 0 Å². The van der Waals surface area contributed by atoms with Gasteiger partial charge < -0.3 is 10.1 Å². The fourth-order valence-electron chi connectivity index (χ4n) is 1.09. The highest BCUT2D eigenvalue weighted by atomic mass is 16.5. The average Bonchev–Trinajstić information content (AvgIpc) is 1.85. The van der Waals surface area contributed by atoms with Crippen LogP contribution < -0.4 is 5.32 Å². The maximum absolute atomic E-state index is 5.45. The summed E-state index contributed by atoms with van der Waals surface area (Å²) in [4.78, 5) is 0. The first kappa shape index (κ1) is 8.44. The number of hydrogen-bond acceptors (Lipinski definition) is 2. The number of rotatable bonds is 1. The predicted molar refractivity (Wildman–Crippen MR) is 46.1 cm³/mol. The van der Waals surface area contributed by atoms with Crippen molar-refractivity contribution in [1.29, 1.82) is 0 Å². The van der Waals surface area contributed by atoms with E-state index in [-0.39, 0.29) is 0 Å². The third-order valence-corrected chi connectivity index (χ3v) is 1.50. The van der Waals surface area contributed by atoms with Crippen molar-refractivity contribution in [3.8, 4) is 0 Å². The van der Waals surface area contributed by atoms with Crippen LogP contribution in [0.4, 0.5) is 0 Å². The van der Waals surface area contributed by atoms with Crippen molar-refractivity contribution in [2.75, 3.05) is 13.2 Å². The Morgan fingerprint density at radius 1 is 1.55 bits per heavy atom. The van der Waals surface area contributed by atoms with Crippen LogP contribution in [0.2, 0.25) is 0 Å². The lowest BCUT2D eigenvalue weighted by Crippen LogP contribution is -2.22. The summed E-state index contributed by atoms with van der Waals surface area (Å²) in [5.41, 5.74) is 0.324. The summed E-state index contributed by atoms with van der Waals surface area (Å²) in [5, 5.41) is 3.17. The van der Waals surface area contributed by atoms with Crippen LogP contribution >= 0.6 is 0 Å². The molecule has 1 N–H and O–H groups in total.